The van der Waals surface area contributed by atoms with E-state index in [4.69, 9.17) is 9.47 Å². The largest absolute Gasteiger partial charge is 0.416 e. The van der Waals surface area contributed by atoms with Crippen LogP contribution >= 0.6 is 0 Å². The summed E-state index contributed by atoms with van der Waals surface area (Å²) in [5, 5.41) is 3.18. The van der Waals surface area contributed by atoms with Crippen LogP contribution in [0.4, 0.5) is 22.0 Å². The smallest absolute Gasteiger partial charge is 0.349 e. The normalized spacial score (nSPS) is 21.9. The summed E-state index contributed by atoms with van der Waals surface area (Å²) in [5.74, 6) is -1.38. The molecule has 27 heavy (non-hydrogen) atoms. The van der Waals surface area contributed by atoms with Gasteiger partial charge >= 0.3 is 6.18 Å². The molecule has 1 heterocycles. The molecule has 1 saturated heterocycles. The molecule has 1 aliphatic rings. The van der Waals surface area contributed by atoms with E-state index in [2.05, 4.69) is 5.32 Å². The third-order valence-corrected chi connectivity index (χ3v) is 4.30. The van der Waals surface area contributed by atoms with Crippen LogP contribution in [0.2, 0.25) is 0 Å². The van der Waals surface area contributed by atoms with Crippen molar-refractivity contribution in [2.75, 3.05) is 13.2 Å². The van der Waals surface area contributed by atoms with Crippen molar-refractivity contribution < 1.29 is 31.4 Å². The SMILES string of the molecule is CC(OC1OCCNC1c1ccc(F)cc1)c1cc(F)cc(C(F)(F)F)c1. The van der Waals surface area contributed by atoms with Gasteiger partial charge in [-0.25, -0.2) is 8.78 Å². The summed E-state index contributed by atoms with van der Waals surface area (Å²) in [7, 11) is 0. The van der Waals surface area contributed by atoms with Gasteiger partial charge in [0, 0.05) is 6.54 Å². The Morgan fingerprint density at radius 1 is 1.07 bits per heavy atom. The molecular formula is C19H18F5NO2. The van der Waals surface area contributed by atoms with E-state index in [0.29, 0.717) is 24.8 Å². The van der Waals surface area contributed by atoms with Crippen molar-refractivity contribution in [3.63, 3.8) is 0 Å². The third-order valence-electron chi connectivity index (χ3n) is 4.30. The Kier molecular flexibility index (Phi) is 5.78. The van der Waals surface area contributed by atoms with Gasteiger partial charge in [0.1, 0.15) is 11.6 Å². The Morgan fingerprint density at radius 3 is 2.44 bits per heavy atom. The summed E-state index contributed by atoms with van der Waals surface area (Å²) in [6, 6.07) is 7.62. The summed E-state index contributed by atoms with van der Waals surface area (Å²) in [6.45, 7) is 2.40. The van der Waals surface area contributed by atoms with Crippen LogP contribution in [0.1, 0.15) is 35.8 Å². The van der Waals surface area contributed by atoms with Crippen molar-refractivity contribution >= 4 is 0 Å². The second-order valence-corrected chi connectivity index (χ2v) is 6.27. The van der Waals surface area contributed by atoms with Gasteiger partial charge in [0.05, 0.1) is 24.3 Å². The highest BCUT2D eigenvalue weighted by molar-refractivity contribution is 5.28. The van der Waals surface area contributed by atoms with Crippen molar-refractivity contribution in [3.8, 4) is 0 Å². The van der Waals surface area contributed by atoms with E-state index in [0.717, 1.165) is 12.1 Å². The number of nitrogens with one attached hydrogen (secondary N) is 1. The molecule has 3 nitrogen and oxygen atoms in total. The minimum absolute atomic E-state index is 0.0503. The quantitative estimate of drug-likeness (QED) is 0.769. The van der Waals surface area contributed by atoms with Crippen molar-refractivity contribution in [3.05, 3.63) is 70.8 Å². The van der Waals surface area contributed by atoms with Crippen LogP contribution in [0.15, 0.2) is 42.5 Å². The summed E-state index contributed by atoms with van der Waals surface area (Å²) >= 11 is 0. The summed E-state index contributed by atoms with van der Waals surface area (Å²) in [5.41, 5.74) is -0.316. The Morgan fingerprint density at radius 2 is 1.78 bits per heavy atom. The van der Waals surface area contributed by atoms with Crippen molar-refractivity contribution in [1.29, 1.82) is 0 Å². The fourth-order valence-corrected chi connectivity index (χ4v) is 2.94. The maximum absolute atomic E-state index is 13.6. The second kappa shape index (κ2) is 7.92. The average Bonchev–Trinajstić information content (AvgIpc) is 2.62. The van der Waals surface area contributed by atoms with Crippen molar-refractivity contribution in [2.45, 2.75) is 31.5 Å². The van der Waals surface area contributed by atoms with Crippen LogP contribution in [0.25, 0.3) is 0 Å². The molecule has 8 heteroatoms. The summed E-state index contributed by atoms with van der Waals surface area (Å²) in [6.07, 6.45) is -6.33. The number of halogens is 5. The first-order valence-corrected chi connectivity index (χ1v) is 8.37. The van der Waals surface area contributed by atoms with Crippen LogP contribution < -0.4 is 5.32 Å². The Labute approximate surface area is 153 Å². The summed E-state index contributed by atoms with van der Waals surface area (Å²) < 4.78 is 76.9. The maximum Gasteiger partial charge on any atom is 0.416 e. The molecule has 0 aliphatic carbocycles. The Hall–Kier alpha value is -2.03. The van der Waals surface area contributed by atoms with E-state index in [1.165, 1.54) is 19.1 Å². The van der Waals surface area contributed by atoms with Crippen LogP contribution in [0, 0.1) is 11.6 Å². The molecule has 0 amide bonds. The van der Waals surface area contributed by atoms with Crippen LogP contribution in [0.3, 0.4) is 0 Å². The van der Waals surface area contributed by atoms with E-state index in [1.54, 1.807) is 12.1 Å². The first-order valence-electron chi connectivity index (χ1n) is 8.37. The summed E-state index contributed by atoms with van der Waals surface area (Å²) in [4.78, 5) is 0. The number of morpholine rings is 1. The van der Waals surface area contributed by atoms with E-state index < -0.39 is 36.0 Å². The van der Waals surface area contributed by atoms with Gasteiger partial charge in [0.25, 0.3) is 0 Å². The highest BCUT2D eigenvalue weighted by atomic mass is 19.4. The molecule has 2 aromatic carbocycles. The van der Waals surface area contributed by atoms with Gasteiger partial charge in [0.2, 0.25) is 0 Å². The lowest BCUT2D eigenvalue weighted by atomic mass is 10.0. The number of benzene rings is 2. The lowest BCUT2D eigenvalue weighted by Gasteiger charge is -2.34. The molecule has 0 radical (unpaired) electrons. The third kappa shape index (κ3) is 4.82. The molecular weight excluding hydrogens is 369 g/mol. The van der Waals surface area contributed by atoms with Gasteiger partial charge in [0.15, 0.2) is 6.29 Å². The van der Waals surface area contributed by atoms with Gasteiger partial charge in [-0.15, -0.1) is 0 Å². The van der Waals surface area contributed by atoms with Crippen molar-refractivity contribution in [2.24, 2.45) is 0 Å². The van der Waals surface area contributed by atoms with Gasteiger partial charge in [-0.2, -0.15) is 13.2 Å². The molecule has 0 saturated carbocycles. The number of alkyl halides is 3. The minimum Gasteiger partial charge on any atom is -0.349 e. The molecule has 0 bridgehead atoms. The van der Waals surface area contributed by atoms with Crippen LogP contribution in [-0.4, -0.2) is 19.4 Å². The topological polar surface area (TPSA) is 30.5 Å². The number of hydrogen-bond donors (Lipinski definition) is 1. The van der Waals surface area contributed by atoms with Gasteiger partial charge in [-0.05, 0) is 48.4 Å². The van der Waals surface area contributed by atoms with E-state index in [1.807, 2.05) is 0 Å². The first-order chi connectivity index (χ1) is 12.7. The molecule has 3 atom stereocenters. The zero-order valence-electron chi connectivity index (χ0n) is 14.4. The number of ether oxygens (including phenoxy) is 2. The fraction of sp³-hybridized carbons (Fsp3) is 0.368. The van der Waals surface area contributed by atoms with Crippen molar-refractivity contribution in [1.82, 2.24) is 5.32 Å². The fourth-order valence-electron chi connectivity index (χ4n) is 2.94. The number of rotatable bonds is 4. The van der Waals surface area contributed by atoms with Gasteiger partial charge < -0.3 is 14.8 Å². The lowest BCUT2D eigenvalue weighted by molar-refractivity contribution is -0.200. The lowest BCUT2D eigenvalue weighted by Crippen LogP contribution is -2.43. The van der Waals surface area contributed by atoms with E-state index in [9.17, 15) is 22.0 Å². The minimum atomic E-state index is -4.66. The highest BCUT2D eigenvalue weighted by Crippen LogP contribution is 2.34. The predicted molar refractivity (Wildman–Crippen MR) is 87.8 cm³/mol. The maximum atomic E-state index is 13.6. The molecule has 146 valence electrons. The molecule has 2 aromatic rings. The van der Waals surface area contributed by atoms with E-state index in [-0.39, 0.29) is 11.4 Å². The predicted octanol–water partition coefficient (Wildman–Crippen LogP) is 4.75. The van der Waals surface area contributed by atoms with Gasteiger partial charge in [-0.3, -0.25) is 0 Å². The Bertz CT molecular complexity index is 779. The zero-order chi connectivity index (χ0) is 19.6. The molecule has 0 aromatic heterocycles. The van der Waals surface area contributed by atoms with Gasteiger partial charge in [-0.1, -0.05) is 12.1 Å². The molecule has 0 spiro atoms. The van der Waals surface area contributed by atoms with Crippen LogP contribution in [-0.2, 0) is 15.7 Å². The van der Waals surface area contributed by atoms with E-state index >= 15 is 0 Å². The molecule has 1 aliphatic heterocycles. The molecule has 1 N–H and O–H groups in total. The van der Waals surface area contributed by atoms with Crippen LogP contribution in [0.5, 0.6) is 0 Å². The Balaban J connectivity index is 1.80. The second-order valence-electron chi connectivity index (χ2n) is 6.27. The zero-order valence-corrected chi connectivity index (χ0v) is 14.4. The monoisotopic (exact) mass is 387 g/mol. The first kappa shape index (κ1) is 19.7. The highest BCUT2D eigenvalue weighted by Gasteiger charge is 2.33. The average molecular weight is 387 g/mol. The molecule has 3 rings (SSSR count). The molecule has 1 fully saturated rings. The molecule has 3 unspecified atom stereocenters. The standard InChI is InChI=1S/C19H18F5NO2/c1-11(13-8-14(19(22,23)24)10-16(21)9-13)27-18-17(25-6-7-26-18)12-2-4-15(20)5-3-12/h2-5,8-11,17-18,25H,6-7H2,1H3. The number of hydrogen-bond acceptors (Lipinski definition) is 3.